The summed E-state index contributed by atoms with van der Waals surface area (Å²) in [6.45, 7) is 8.67. The fraction of sp³-hybridized carbons (Fsp3) is 0.750. The number of imide groups is 1. The minimum absolute atomic E-state index is 0.0346. The van der Waals surface area contributed by atoms with E-state index in [1.807, 2.05) is 6.92 Å². The highest BCUT2D eigenvalue weighted by atomic mass is 35.5. The summed E-state index contributed by atoms with van der Waals surface area (Å²) in [5, 5.41) is 11.1. The van der Waals surface area contributed by atoms with Crippen molar-refractivity contribution in [3.05, 3.63) is 11.6 Å². The van der Waals surface area contributed by atoms with E-state index < -0.39 is 34.4 Å². The van der Waals surface area contributed by atoms with Crippen molar-refractivity contribution in [1.29, 1.82) is 0 Å². The first kappa shape index (κ1) is 30.1. The molecular weight excluding hydrogens is 544 g/mol. The van der Waals surface area contributed by atoms with Crippen molar-refractivity contribution in [2.45, 2.75) is 97.3 Å². The lowest BCUT2D eigenvalue weighted by atomic mass is 9.41. The van der Waals surface area contributed by atoms with Crippen molar-refractivity contribution in [3.63, 3.8) is 0 Å². The number of ether oxygens (including phenoxy) is 1. The van der Waals surface area contributed by atoms with Gasteiger partial charge in [-0.1, -0.05) is 45.3 Å². The zero-order chi connectivity index (χ0) is 29.9. The number of ketones is 1. The molecule has 4 fully saturated rings. The maximum Gasteiger partial charge on any atom is 0.328 e. The van der Waals surface area contributed by atoms with Gasteiger partial charge < -0.3 is 14.7 Å². The summed E-state index contributed by atoms with van der Waals surface area (Å²) in [4.78, 5) is 56.1. The summed E-state index contributed by atoms with van der Waals surface area (Å²) in [6.07, 6.45) is 11.2. The van der Waals surface area contributed by atoms with E-state index in [1.54, 1.807) is 4.90 Å². The highest BCUT2D eigenvalue weighted by Crippen LogP contribution is 2.74. The van der Waals surface area contributed by atoms with Crippen LogP contribution in [0.5, 0.6) is 0 Å². The Bertz CT molecular complexity index is 1210. The number of rotatable bonds is 4. The van der Waals surface area contributed by atoms with Crippen LogP contribution in [0.4, 0.5) is 4.79 Å². The number of esters is 1. The van der Waals surface area contributed by atoms with Gasteiger partial charge in [0.1, 0.15) is 18.1 Å². The molecule has 3 aliphatic carbocycles. The molecule has 224 valence electrons. The molecule has 0 aromatic rings. The SMILES string of the molecule is C#CCN1C(=O)CC2CCC/C=C(/[C@@H]3C[C@@H](OC(=O)CCl)[C@]4(C)C(C)CC[C@]5(C[C@H](O)C(=O)[C@]54C)[C@H]3C)CN2C1=O. The van der Waals surface area contributed by atoms with Gasteiger partial charge in [0.15, 0.2) is 5.78 Å². The Morgan fingerprint density at radius 1 is 1.24 bits per heavy atom. The normalized spacial score (nSPS) is 44.0. The molecule has 0 radical (unpaired) electrons. The van der Waals surface area contributed by atoms with E-state index in [-0.39, 0.29) is 60.4 Å². The second kappa shape index (κ2) is 10.7. The number of halogens is 1. The first-order valence-electron chi connectivity index (χ1n) is 15.1. The van der Waals surface area contributed by atoms with Crippen LogP contribution < -0.4 is 0 Å². The predicted molar refractivity (Wildman–Crippen MR) is 154 cm³/mol. The average Bonchev–Trinajstić information content (AvgIpc) is 3.13. The molecule has 3 saturated carbocycles. The molecule has 0 aromatic heterocycles. The number of Topliss-reactive ketones (excluding diaryl/α,β-unsaturated/α-hetero) is 1. The minimum Gasteiger partial charge on any atom is -0.461 e. The molecular formula is C32H43ClN2O6. The first-order chi connectivity index (χ1) is 19.4. The van der Waals surface area contributed by atoms with Crippen LogP contribution in [0.25, 0.3) is 0 Å². The highest BCUT2D eigenvalue weighted by molar-refractivity contribution is 6.26. The van der Waals surface area contributed by atoms with Gasteiger partial charge in [-0.25, -0.2) is 4.79 Å². The number of amides is 3. The number of terminal acetylenes is 1. The Labute approximate surface area is 248 Å². The summed E-state index contributed by atoms with van der Waals surface area (Å²) in [5.74, 6) is 1.15. The summed E-state index contributed by atoms with van der Waals surface area (Å²) in [5.41, 5.74) is -1.07. The highest BCUT2D eigenvalue weighted by Gasteiger charge is 2.76. The minimum atomic E-state index is -1.07. The molecule has 8 nitrogen and oxygen atoms in total. The van der Waals surface area contributed by atoms with Crippen molar-refractivity contribution in [1.82, 2.24) is 9.80 Å². The third-order valence-electron chi connectivity index (χ3n) is 12.3. The second-order valence-corrected chi connectivity index (χ2v) is 13.8. The number of fused-ring (bicyclic) bond motifs is 1. The van der Waals surface area contributed by atoms with Crippen LogP contribution in [0.15, 0.2) is 11.6 Å². The van der Waals surface area contributed by atoms with Crippen LogP contribution in [-0.2, 0) is 19.1 Å². The van der Waals surface area contributed by atoms with Crippen LogP contribution in [0.1, 0.15) is 79.1 Å². The van der Waals surface area contributed by atoms with E-state index in [2.05, 4.69) is 32.8 Å². The smallest absolute Gasteiger partial charge is 0.328 e. The summed E-state index contributed by atoms with van der Waals surface area (Å²) < 4.78 is 6.16. The van der Waals surface area contributed by atoms with Crippen LogP contribution in [-0.4, -0.2) is 75.8 Å². The van der Waals surface area contributed by atoms with Gasteiger partial charge in [-0.05, 0) is 68.1 Å². The number of carbonyl (C=O) groups is 4. The van der Waals surface area contributed by atoms with Crippen LogP contribution in [0.3, 0.4) is 0 Å². The van der Waals surface area contributed by atoms with Crippen LogP contribution >= 0.6 is 11.6 Å². The second-order valence-electron chi connectivity index (χ2n) is 13.5. The van der Waals surface area contributed by atoms with E-state index >= 15 is 0 Å². The van der Waals surface area contributed by atoms with Crippen LogP contribution in [0, 0.1) is 46.3 Å². The Kier molecular flexibility index (Phi) is 7.87. The molecule has 1 saturated heterocycles. The van der Waals surface area contributed by atoms with Crippen molar-refractivity contribution >= 4 is 35.3 Å². The Morgan fingerprint density at radius 2 is 1.98 bits per heavy atom. The Hall–Kier alpha value is -2.37. The molecule has 1 N–H and O–H groups in total. The molecule has 5 aliphatic rings. The van der Waals surface area contributed by atoms with E-state index in [0.717, 1.165) is 42.6 Å². The van der Waals surface area contributed by atoms with E-state index in [4.69, 9.17) is 22.8 Å². The van der Waals surface area contributed by atoms with Gasteiger partial charge in [0.25, 0.3) is 0 Å². The van der Waals surface area contributed by atoms with Gasteiger partial charge in [-0.3, -0.25) is 19.3 Å². The van der Waals surface area contributed by atoms with Gasteiger partial charge in [0.2, 0.25) is 5.91 Å². The number of urea groups is 1. The fourth-order valence-corrected chi connectivity index (χ4v) is 9.82. The van der Waals surface area contributed by atoms with E-state index in [1.165, 1.54) is 0 Å². The molecule has 41 heavy (non-hydrogen) atoms. The van der Waals surface area contributed by atoms with Gasteiger partial charge in [0.05, 0.1) is 6.54 Å². The number of allylic oxidation sites excluding steroid dienone is 1. The lowest BCUT2D eigenvalue weighted by Gasteiger charge is -2.61. The molecule has 2 aliphatic heterocycles. The Balaban J connectivity index is 1.62. The lowest BCUT2D eigenvalue weighted by Crippen LogP contribution is -2.62. The molecule has 2 bridgehead atoms. The number of hydrogen-bond acceptors (Lipinski definition) is 6. The van der Waals surface area contributed by atoms with Gasteiger partial charge in [-0.2, -0.15) is 0 Å². The number of carbonyl (C=O) groups excluding carboxylic acids is 4. The monoisotopic (exact) mass is 586 g/mol. The van der Waals surface area contributed by atoms with Crippen LogP contribution in [0.2, 0.25) is 0 Å². The topological polar surface area (TPSA) is 104 Å². The average molecular weight is 587 g/mol. The van der Waals surface area contributed by atoms with Gasteiger partial charge in [-0.15, -0.1) is 18.0 Å². The molecule has 9 atom stereocenters. The van der Waals surface area contributed by atoms with Crippen molar-refractivity contribution in [2.75, 3.05) is 19.0 Å². The molecule has 3 amide bonds. The molecule has 0 aromatic carbocycles. The maximum atomic E-state index is 14.0. The third kappa shape index (κ3) is 4.20. The quantitative estimate of drug-likeness (QED) is 0.228. The van der Waals surface area contributed by atoms with E-state index in [9.17, 15) is 24.3 Å². The molecule has 0 spiro atoms. The van der Waals surface area contributed by atoms with Crippen molar-refractivity contribution < 1.29 is 29.0 Å². The standard InChI is InChI=1S/C32H43ClN2O6/c1-6-13-34-26(37)14-22-10-8-7-9-21(18-35(22)29(34)40)23-15-25(41-27(38)17-33)30(4)19(2)11-12-32(20(23)3)16-24(36)28(39)31(30,32)5/h1,9,19-20,22-25,36H,7-8,10-18H2,2-5H3/b21-9+/t19?,20-,22?,23+,24-,25+,30-,31-,32-/m0/s1. The molecule has 2 unspecified atom stereocenters. The molecule has 5 rings (SSSR count). The van der Waals surface area contributed by atoms with E-state index in [0.29, 0.717) is 19.4 Å². The number of alkyl halides is 1. The third-order valence-corrected chi connectivity index (χ3v) is 12.5. The lowest BCUT2D eigenvalue weighted by molar-refractivity contribution is -0.196. The van der Waals surface area contributed by atoms with Crippen molar-refractivity contribution in [2.24, 2.45) is 34.0 Å². The molecule has 2 heterocycles. The van der Waals surface area contributed by atoms with Gasteiger partial charge in [0, 0.05) is 29.8 Å². The number of hydrogen-bond donors (Lipinski definition) is 1. The zero-order valence-electron chi connectivity index (χ0n) is 24.7. The number of nitrogens with zero attached hydrogens (tertiary/aromatic N) is 2. The Morgan fingerprint density at radius 3 is 2.66 bits per heavy atom. The number of aliphatic hydroxyl groups excluding tert-OH is 1. The first-order valence-corrected chi connectivity index (χ1v) is 15.6. The summed E-state index contributed by atoms with van der Waals surface area (Å²) >= 11 is 5.94. The number of aliphatic hydroxyl groups is 1. The summed E-state index contributed by atoms with van der Waals surface area (Å²) in [7, 11) is 0. The predicted octanol–water partition coefficient (Wildman–Crippen LogP) is 4.32. The fourth-order valence-electron chi connectivity index (χ4n) is 9.76. The maximum absolute atomic E-state index is 14.0. The summed E-state index contributed by atoms with van der Waals surface area (Å²) in [6, 6.07) is -0.564. The molecule has 9 heteroatoms. The largest absolute Gasteiger partial charge is 0.461 e. The van der Waals surface area contributed by atoms with Gasteiger partial charge >= 0.3 is 12.0 Å². The zero-order valence-corrected chi connectivity index (χ0v) is 25.4. The van der Waals surface area contributed by atoms with Crippen molar-refractivity contribution in [3.8, 4) is 12.3 Å².